The first-order valence-electron chi connectivity index (χ1n) is 10.1. The molecule has 0 spiro atoms. The van der Waals surface area contributed by atoms with Crippen LogP contribution in [0.25, 0.3) is 5.57 Å². The number of carbonyl (C=O) groups is 1. The molecule has 2 aliphatic rings. The van der Waals surface area contributed by atoms with Crippen molar-refractivity contribution in [2.75, 3.05) is 19.6 Å². The van der Waals surface area contributed by atoms with Crippen molar-refractivity contribution in [3.8, 4) is 0 Å². The summed E-state index contributed by atoms with van der Waals surface area (Å²) in [7, 11) is 0. The molecule has 1 fully saturated rings. The molecule has 0 aromatic heterocycles. The molecular formula is C25H33ClN2O. The van der Waals surface area contributed by atoms with Gasteiger partial charge in [-0.05, 0) is 66.5 Å². The minimum atomic E-state index is -0.148. The van der Waals surface area contributed by atoms with Crippen molar-refractivity contribution in [2.24, 2.45) is 11.7 Å². The fraction of sp³-hybridized carbons (Fsp3) is 0.400. The first-order valence-corrected chi connectivity index (χ1v) is 10.1. The van der Waals surface area contributed by atoms with Crippen LogP contribution in [0.4, 0.5) is 0 Å². The Morgan fingerprint density at radius 2 is 1.62 bits per heavy atom. The number of hydrogen-bond acceptors (Lipinski definition) is 2. The Kier molecular flexibility index (Phi) is 8.48. The van der Waals surface area contributed by atoms with Crippen LogP contribution in [0.2, 0.25) is 0 Å². The molecule has 1 aliphatic heterocycles. The molecule has 2 aromatic carbocycles. The SMILES string of the molecule is C.Cl.NC(=O)C1CCCN(CCC=C2c3ccccc3CCc3ccccc32)C1. The van der Waals surface area contributed by atoms with Gasteiger partial charge < -0.3 is 10.6 Å². The lowest BCUT2D eigenvalue weighted by molar-refractivity contribution is -0.123. The molecule has 29 heavy (non-hydrogen) atoms. The molecule has 2 N–H and O–H groups in total. The molecule has 3 nitrogen and oxygen atoms in total. The maximum absolute atomic E-state index is 11.5. The Morgan fingerprint density at radius 3 is 2.21 bits per heavy atom. The van der Waals surface area contributed by atoms with Gasteiger partial charge >= 0.3 is 0 Å². The number of halogens is 1. The number of carbonyl (C=O) groups excluding carboxylic acids is 1. The minimum Gasteiger partial charge on any atom is -0.369 e. The normalized spacial score (nSPS) is 18.3. The van der Waals surface area contributed by atoms with Crippen molar-refractivity contribution in [1.82, 2.24) is 4.90 Å². The summed E-state index contributed by atoms with van der Waals surface area (Å²) in [6.45, 7) is 2.86. The molecule has 1 atom stereocenters. The second kappa shape index (κ2) is 10.6. The van der Waals surface area contributed by atoms with Crippen LogP contribution in [0.3, 0.4) is 0 Å². The summed E-state index contributed by atoms with van der Waals surface area (Å²) in [6.07, 6.45) is 7.58. The molecule has 4 rings (SSSR count). The average molecular weight is 413 g/mol. The molecular weight excluding hydrogens is 380 g/mol. The molecule has 2 aromatic rings. The predicted octanol–water partition coefficient (Wildman–Crippen LogP) is 4.86. The van der Waals surface area contributed by atoms with Gasteiger partial charge in [0.1, 0.15) is 0 Å². The Labute approximate surface area is 181 Å². The Balaban J connectivity index is 0.00000150. The number of likely N-dealkylation sites (tertiary alicyclic amines) is 1. The molecule has 1 unspecified atom stereocenters. The number of amides is 1. The van der Waals surface area contributed by atoms with Gasteiger partial charge in [-0.15, -0.1) is 12.4 Å². The smallest absolute Gasteiger partial charge is 0.221 e. The van der Waals surface area contributed by atoms with E-state index in [1.807, 2.05) is 0 Å². The van der Waals surface area contributed by atoms with Gasteiger partial charge in [0.25, 0.3) is 0 Å². The van der Waals surface area contributed by atoms with E-state index < -0.39 is 0 Å². The third-order valence-corrected chi connectivity index (χ3v) is 5.98. The standard InChI is InChI=1S/C24H28N2O.CH4.ClH/c25-24(27)20-9-5-15-26(17-20)16-6-12-23-21-10-3-1-7-18(21)13-14-19-8-2-4-11-22(19)23;;/h1-4,7-8,10-12,20H,5-6,9,13-17H2,(H2,25,27);1H4;1H. The second-order valence-electron chi connectivity index (χ2n) is 7.76. The van der Waals surface area contributed by atoms with E-state index in [0.29, 0.717) is 0 Å². The van der Waals surface area contributed by atoms with Crippen molar-refractivity contribution >= 4 is 23.9 Å². The number of hydrogen-bond donors (Lipinski definition) is 1. The highest BCUT2D eigenvalue weighted by molar-refractivity contribution is 5.85. The van der Waals surface area contributed by atoms with E-state index in [1.165, 1.54) is 27.8 Å². The van der Waals surface area contributed by atoms with Gasteiger partial charge in [0.2, 0.25) is 5.91 Å². The number of rotatable bonds is 4. The lowest BCUT2D eigenvalue weighted by Crippen LogP contribution is -2.41. The zero-order valence-corrected chi connectivity index (χ0v) is 17.1. The number of benzene rings is 2. The van der Waals surface area contributed by atoms with Crippen LogP contribution in [-0.2, 0) is 17.6 Å². The molecule has 4 heteroatoms. The van der Waals surface area contributed by atoms with Crippen LogP contribution in [0.1, 0.15) is 48.9 Å². The summed E-state index contributed by atoms with van der Waals surface area (Å²) in [5, 5.41) is 0. The molecule has 1 amide bonds. The fourth-order valence-corrected chi connectivity index (χ4v) is 4.52. The van der Waals surface area contributed by atoms with E-state index in [0.717, 1.165) is 51.7 Å². The van der Waals surface area contributed by atoms with E-state index in [9.17, 15) is 4.79 Å². The molecule has 0 saturated carbocycles. The Bertz CT molecular complexity index is 812. The number of nitrogens with zero attached hydrogens (tertiary/aromatic N) is 1. The third kappa shape index (κ3) is 5.29. The summed E-state index contributed by atoms with van der Waals surface area (Å²) in [5.41, 5.74) is 12.5. The highest BCUT2D eigenvalue weighted by Crippen LogP contribution is 2.33. The van der Waals surface area contributed by atoms with E-state index in [2.05, 4.69) is 59.5 Å². The van der Waals surface area contributed by atoms with E-state index in [4.69, 9.17) is 5.73 Å². The quantitative estimate of drug-likeness (QED) is 0.779. The highest BCUT2D eigenvalue weighted by atomic mass is 35.5. The van der Waals surface area contributed by atoms with Crippen LogP contribution >= 0.6 is 12.4 Å². The number of nitrogens with two attached hydrogens (primary N) is 1. The van der Waals surface area contributed by atoms with Gasteiger partial charge in [0, 0.05) is 13.1 Å². The predicted molar refractivity (Wildman–Crippen MR) is 124 cm³/mol. The van der Waals surface area contributed by atoms with E-state index in [-0.39, 0.29) is 31.7 Å². The van der Waals surface area contributed by atoms with Crippen molar-refractivity contribution in [1.29, 1.82) is 0 Å². The Hall–Kier alpha value is -2.10. The average Bonchev–Trinajstić information content (AvgIpc) is 2.86. The Morgan fingerprint density at radius 1 is 1.03 bits per heavy atom. The number of fused-ring (bicyclic) bond motifs is 2. The maximum Gasteiger partial charge on any atom is 0.221 e. The van der Waals surface area contributed by atoms with Crippen molar-refractivity contribution in [2.45, 2.75) is 39.5 Å². The van der Waals surface area contributed by atoms with Gasteiger partial charge in [0.05, 0.1) is 5.92 Å². The van der Waals surface area contributed by atoms with Crippen LogP contribution in [0, 0.1) is 5.92 Å². The zero-order valence-electron chi connectivity index (χ0n) is 16.3. The topological polar surface area (TPSA) is 46.3 Å². The molecule has 0 radical (unpaired) electrons. The molecule has 156 valence electrons. The van der Waals surface area contributed by atoms with Crippen LogP contribution in [-0.4, -0.2) is 30.4 Å². The molecule has 1 saturated heterocycles. The summed E-state index contributed by atoms with van der Waals surface area (Å²) in [6, 6.07) is 17.6. The van der Waals surface area contributed by atoms with Gasteiger partial charge in [0.15, 0.2) is 0 Å². The van der Waals surface area contributed by atoms with Gasteiger partial charge in [-0.25, -0.2) is 0 Å². The van der Waals surface area contributed by atoms with Gasteiger partial charge in [-0.1, -0.05) is 62.0 Å². The zero-order chi connectivity index (χ0) is 18.6. The summed E-state index contributed by atoms with van der Waals surface area (Å²) < 4.78 is 0. The van der Waals surface area contributed by atoms with Crippen molar-refractivity contribution < 1.29 is 4.79 Å². The number of piperidine rings is 1. The van der Waals surface area contributed by atoms with E-state index >= 15 is 0 Å². The fourth-order valence-electron chi connectivity index (χ4n) is 4.52. The molecule has 0 bridgehead atoms. The third-order valence-electron chi connectivity index (χ3n) is 5.98. The number of primary amides is 1. The molecule has 1 heterocycles. The first-order chi connectivity index (χ1) is 13.2. The first kappa shape index (κ1) is 23.2. The monoisotopic (exact) mass is 412 g/mol. The highest BCUT2D eigenvalue weighted by Gasteiger charge is 2.23. The summed E-state index contributed by atoms with van der Waals surface area (Å²) in [4.78, 5) is 13.9. The summed E-state index contributed by atoms with van der Waals surface area (Å²) >= 11 is 0. The van der Waals surface area contributed by atoms with E-state index in [1.54, 1.807) is 0 Å². The summed E-state index contributed by atoms with van der Waals surface area (Å²) in [5.74, 6) is -0.129. The second-order valence-corrected chi connectivity index (χ2v) is 7.76. The number of aryl methyl sites for hydroxylation is 2. The molecule has 1 aliphatic carbocycles. The van der Waals surface area contributed by atoms with Crippen LogP contribution in [0.15, 0.2) is 54.6 Å². The maximum atomic E-state index is 11.5. The minimum absolute atomic E-state index is 0. The van der Waals surface area contributed by atoms with Crippen molar-refractivity contribution in [3.63, 3.8) is 0 Å². The van der Waals surface area contributed by atoms with Gasteiger partial charge in [-0.2, -0.15) is 0 Å². The lowest BCUT2D eigenvalue weighted by Gasteiger charge is -2.30. The largest absolute Gasteiger partial charge is 0.369 e. The van der Waals surface area contributed by atoms with Crippen molar-refractivity contribution in [3.05, 3.63) is 76.9 Å². The van der Waals surface area contributed by atoms with Crippen LogP contribution in [0.5, 0.6) is 0 Å². The van der Waals surface area contributed by atoms with Crippen LogP contribution < -0.4 is 5.73 Å². The lowest BCUT2D eigenvalue weighted by atomic mass is 9.93. The van der Waals surface area contributed by atoms with Gasteiger partial charge in [-0.3, -0.25) is 4.79 Å².